The van der Waals surface area contributed by atoms with Gasteiger partial charge >= 0.3 is 5.97 Å². The normalized spacial score (nSPS) is 21.5. The Kier molecular flexibility index (Phi) is 5.67. The molecule has 1 aliphatic heterocycles. The van der Waals surface area contributed by atoms with Gasteiger partial charge in [-0.15, -0.1) is 0 Å². The predicted molar refractivity (Wildman–Crippen MR) is 72.6 cm³/mol. The Morgan fingerprint density at radius 3 is 2.48 bits per heavy atom. The zero-order chi connectivity index (χ0) is 16.2. The molecule has 1 saturated heterocycles. The Bertz CT molecular complexity index is 532. The number of hydrogen-bond donors (Lipinski definition) is 3. The molecule has 2 amide bonds. The summed E-state index contributed by atoms with van der Waals surface area (Å²) in [7, 11) is -3.57. The summed E-state index contributed by atoms with van der Waals surface area (Å²) in [5.74, 6) is -3.00. The second-order valence-corrected chi connectivity index (χ2v) is 6.89. The number of piperidine rings is 1. The summed E-state index contributed by atoms with van der Waals surface area (Å²) in [5, 5.41) is 11.1. The predicted octanol–water partition coefficient (Wildman–Crippen LogP) is -1.75. The van der Waals surface area contributed by atoms with Crippen molar-refractivity contribution in [2.45, 2.75) is 37.8 Å². The third-order valence-corrected chi connectivity index (χ3v) is 4.49. The van der Waals surface area contributed by atoms with Gasteiger partial charge in [-0.05, 0) is 12.8 Å². The quantitative estimate of drug-likeness (QED) is 0.528. The molecule has 0 aliphatic carbocycles. The van der Waals surface area contributed by atoms with E-state index >= 15 is 0 Å². The number of carbonyl (C=O) groups excluding carboxylic acids is 2. The van der Waals surface area contributed by atoms with E-state index in [1.807, 2.05) is 0 Å². The van der Waals surface area contributed by atoms with Gasteiger partial charge in [0.1, 0.15) is 12.1 Å². The molecule has 0 aromatic carbocycles. The van der Waals surface area contributed by atoms with Crippen molar-refractivity contribution < 1.29 is 27.9 Å². The topological polar surface area (TPSA) is 147 Å². The molecule has 0 saturated carbocycles. The molecule has 1 rings (SSSR count). The molecule has 120 valence electrons. The third-order valence-electron chi connectivity index (χ3n) is 3.20. The van der Waals surface area contributed by atoms with Gasteiger partial charge in [0.05, 0.1) is 12.7 Å². The number of primary amides is 1. The summed E-state index contributed by atoms with van der Waals surface area (Å²) in [6.45, 7) is 0.213. The number of sulfonamides is 1. The average molecular weight is 321 g/mol. The number of hydrogen-bond acceptors (Lipinski definition) is 5. The van der Waals surface area contributed by atoms with Crippen molar-refractivity contribution in [3.63, 3.8) is 0 Å². The van der Waals surface area contributed by atoms with Crippen molar-refractivity contribution in [3.05, 3.63) is 0 Å². The van der Waals surface area contributed by atoms with Gasteiger partial charge in [0.25, 0.3) is 0 Å². The SMILES string of the molecule is CS(=O)(=O)N1CCCCC1C(=O)N[C@H](CC(N)=O)C(=O)O. The van der Waals surface area contributed by atoms with Crippen LogP contribution in [0.15, 0.2) is 0 Å². The molecular weight excluding hydrogens is 302 g/mol. The van der Waals surface area contributed by atoms with E-state index in [9.17, 15) is 22.8 Å². The van der Waals surface area contributed by atoms with E-state index in [0.29, 0.717) is 19.3 Å². The fourth-order valence-electron chi connectivity index (χ4n) is 2.23. The van der Waals surface area contributed by atoms with Crippen LogP contribution in [0.5, 0.6) is 0 Å². The lowest BCUT2D eigenvalue weighted by atomic mass is 10.0. The number of aliphatic carboxylic acids is 1. The third kappa shape index (κ3) is 4.97. The Hall–Kier alpha value is -1.68. The molecule has 0 spiro atoms. The molecular formula is C11H19N3O6S. The summed E-state index contributed by atoms with van der Waals surface area (Å²) < 4.78 is 24.4. The van der Waals surface area contributed by atoms with Crippen molar-refractivity contribution >= 4 is 27.8 Å². The van der Waals surface area contributed by atoms with Crippen LogP contribution in [0.25, 0.3) is 0 Å². The number of amides is 2. The fourth-order valence-corrected chi connectivity index (χ4v) is 3.36. The average Bonchev–Trinajstić information content (AvgIpc) is 2.36. The highest BCUT2D eigenvalue weighted by Gasteiger charge is 2.36. The van der Waals surface area contributed by atoms with Crippen LogP contribution in [0.1, 0.15) is 25.7 Å². The lowest BCUT2D eigenvalue weighted by molar-refractivity contribution is -0.144. The maximum atomic E-state index is 12.1. The second kappa shape index (κ2) is 6.85. The number of nitrogens with one attached hydrogen (secondary N) is 1. The molecule has 4 N–H and O–H groups in total. The maximum Gasteiger partial charge on any atom is 0.326 e. The zero-order valence-corrected chi connectivity index (χ0v) is 12.4. The van der Waals surface area contributed by atoms with E-state index in [2.05, 4.69) is 5.32 Å². The van der Waals surface area contributed by atoms with E-state index in [1.54, 1.807) is 0 Å². The number of rotatable bonds is 6. The van der Waals surface area contributed by atoms with E-state index < -0.39 is 46.3 Å². The first-order valence-electron chi connectivity index (χ1n) is 6.41. The first kappa shape index (κ1) is 17.4. The largest absolute Gasteiger partial charge is 0.480 e. The van der Waals surface area contributed by atoms with Crippen molar-refractivity contribution in [1.82, 2.24) is 9.62 Å². The highest BCUT2D eigenvalue weighted by molar-refractivity contribution is 7.88. The van der Waals surface area contributed by atoms with Gasteiger partial charge < -0.3 is 16.2 Å². The number of carbonyl (C=O) groups is 3. The van der Waals surface area contributed by atoms with Crippen molar-refractivity contribution in [1.29, 1.82) is 0 Å². The molecule has 1 heterocycles. The van der Waals surface area contributed by atoms with Crippen LogP contribution in [0.4, 0.5) is 0 Å². The van der Waals surface area contributed by atoms with Gasteiger partial charge in [-0.2, -0.15) is 4.31 Å². The number of nitrogens with two attached hydrogens (primary N) is 1. The highest BCUT2D eigenvalue weighted by atomic mass is 32.2. The van der Waals surface area contributed by atoms with Crippen molar-refractivity contribution in [2.75, 3.05) is 12.8 Å². The first-order valence-corrected chi connectivity index (χ1v) is 8.26. The summed E-state index contributed by atoms with van der Waals surface area (Å²) in [6.07, 6.45) is 2.06. The minimum atomic E-state index is -3.57. The molecule has 1 unspecified atom stereocenters. The maximum absolute atomic E-state index is 12.1. The minimum Gasteiger partial charge on any atom is -0.480 e. The summed E-state index contributed by atoms with van der Waals surface area (Å²) in [5.41, 5.74) is 4.92. The number of carboxylic acids is 1. The summed E-state index contributed by atoms with van der Waals surface area (Å²) in [4.78, 5) is 33.9. The van der Waals surface area contributed by atoms with E-state index in [4.69, 9.17) is 10.8 Å². The molecule has 1 fully saturated rings. The number of nitrogens with zero attached hydrogens (tertiary/aromatic N) is 1. The van der Waals surface area contributed by atoms with Crippen LogP contribution in [0.3, 0.4) is 0 Å². The lowest BCUT2D eigenvalue weighted by Gasteiger charge is -2.33. The van der Waals surface area contributed by atoms with E-state index in [-0.39, 0.29) is 6.54 Å². The molecule has 2 atom stereocenters. The minimum absolute atomic E-state index is 0.213. The molecule has 21 heavy (non-hydrogen) atoms. The van der Waals surface area contributed by atoms with Gasteiger partial charge in [-0.25, -0.2) is 13.2 Å². The van der Waals surface area contributed by atoms with Gasteiger partial charge in [0, 0.05) is 6.54 Å². The molecule has 0 radical (unpaired) electrons. The second-order valence-electron chi connectivity index (χ2n) is 4.96. The van der Waals surface area contributed by atoms with Gasteiger partial charge in [-0.1, -0.05) is 6.42 Å². The monoisotopic (exact) mass is 321 g/mol. The standard InChI is InChI=1S/C11H19N3O6S/c1-21(19,20)14-5-3-2-4-8(14)10(16)13-7(11(17)18)6-9(12)15/h7-8H,2-6H2,1H3,(H2,12,15)(H,13,16)(H,17,18)/t7-,8?/m1/s1. The summed E-state index contributed by atoms with van der Waals surface area (Å²) in [6, 6.07) is -2.41. The smallest absolute Gasteiger partial charge is 0.326 e. The van der Waals surface area contributed by atoms with Gasteiger partial charge in [-0.3, -0.25) is 9.59 Å². The summed E-state index contributed by atoms with van der Waals surface area (Å²) >= 11 is 0. The van der Waals surface area contributed by atoms with Crippen LogP contribution in [-0.2, 0) is 24.4 Å². The highest BCUT2D eigenvalue weighted by Crippen LogP contribution is 2.20. The molecule has 0 aromatic rings. The zero-order valence-electron chi connectivity index (χ0n) is 11.6. The fraction of sp³-hybridized carbons (Fsp3) is 0.727. The van der Waals surface area contributed by atoms with Gasteiger partial charge in [0.15, 0.2) is 0 Å². The Balaban J connectivity index is 2.84. The number of carboxylic acid groups (broad SMARTS) is 1. The molecule has 1 aliphatic rings. The van der Waals surface area contributed by atoms with Crippen LogP contribution < -0.4 is 11.1 Å². The lowest BCUT2D eigenvalue weighted by Crippen LogP contribution is -2.55. The van der Waals surface area contributed by atoms with Crippen LogP contribution in [0.2, 0.25) is 0 Å². The van der Waals surface area contributed by atoms with Crippen LogP contribution in [0, 0.1) is 0 Å². The van der Waals surface area contributed by atoms with E-state index in [1.165, 1.54) is 0 Å². The van der Waals surface area contributed by atoms with Crippen molar-refractivity contribution in [3.8, 4) is 0 Å². The Labute approximate surface area is 122 Å². The first-order chi connectivity index (χ1) is 9.62. The van der Waals surface area contributed by atoms with Crippen molar-refractivity contribution in [2.24, 2.45) is 5.73 Å². The van der Waals surface area contributed by atoms with Crippen LogP contribution in [-0.4, -0.2) is 60.5 Å². The van der Waals surface area contributed by atoms with E-state index in [0.717, 1.165) is 10.6 Å². The molecule has 10 heteroatoms. The van der Waals surface area contributed by atoms with Crippen LogP contribution >= 0.6 is 0 Å². The molecule has 0 aromatic heterocycles. The Morgan fingerprint density at radius 2 is 2.00 bits per heavy atom. The Morgan fingerprint density at radius 1 is 1.38 bits per heavy atom. The molecule has 9 nitrogen and oxygen atoms in total. The molecule has 0 bridgehead atoms. The van der Waals surface area contributed by atoms with Gasteiger partial charge in [0.2, 0.25) is 21.8 Å².